The molecule has 1 aromatic carbocycles. The van der Waals surface area contributed by atoms with Gasteiger partial charge in [-0.1, -0.05) is 17.7 Å². The highest BCUT2D eigenvalue weighted by Crippen LogP contribution is 2.21. The van der Waals surface area contributed by atoms with Crippen LogP contribution in [0.5, 0.6) is 0 Å². The van der Waals surface area contributed by atoms with Crippen molar-refractivity contribution in [1.82, 2.24) is 10.6 Å². The van der Waals surface area contributed by atoms with Gasteiger partial charge in [0.05, 0.1) is 23.6 Å². The molecule has 0 radical (unpaired) electrons. The predicted octanol–water partition coefficient (Wildman–Crippen LogP) is -0.926. The lowest BCUT2D eigenvalue weighted by atomic mass is 9.89. The number of nitrogens with one attached hydrogen (secondary N) is 2. The third-order valence-electron chi connectivity index (χ3n) is 4.37. The van der Waals surface area contributed by atoms with E-state index in [4.69, 9.17) is 22.4 Å². The summed E-state index contributed by atoms with van der Waals surface area (Å²) in [5, 5.41) is 33.2. The van der Waals surface area contributed by atoms with Gasteiger partial charge in [-0.15, -0.1) is 0 Å². The van der Waals surface area contributed by atoms with Crippen LogP contribution in [0.15, 0.2) is 29.8 Å². The van der Waals surface area contributed by atoms with E-state index < -0.39 is 60.2 Å². The summed E-state index contributed by atoms with van der Waals surface area (Å²) >= 11 is 5.64. The molecule has 0 bridgehead atoms. The summed E-state index contributed by atoms with van der Waals surface area (Å²) in [5.74, 6) is -4.82. The molecule has 0 saturated carbocycles. The fraction of sp³-hybridized carbons (Fsp3) is 0.333. The lowest BCUT2D eigenvalue weighted by Gasteiger charge is -2.31. The van der Waals surface area contributed by atoms with Crippen molar-refractivity contribution in [1.29, 1.82) is 0 Å². The number of carbonyl (C=O) groups is 4. The smallest absolute Gasteiger partial charge is 0.305 e. The maximum absolute atomic E-state index is 13.3. The zero-order chi connectivity index (χ0) is 22.6. The van der Waals surface area contributed by atoms with Gasteiger partial charge < -0.3 is 31.7 Å². The van der Waals surface area contributed by atoms with Crippen LogP contribution in [-0.4, -0.2) is 63.3 Å². The van der Waals surface area contributed by atoms with Crippen LogP contribution < -0.4 is 16.4 Å². The van der Waals surface area contributed by atoms with Crippen molar-refractivity contribution < 1.29 is 38.9 Å². The van der Waals surface area contributed by atoms with E-state index in [1.165, 1.54) is 0 Å². The number of nitrogens with two attached hydrogens (primary N) is 1. The Hall–Kier alpha value is -3.02. The van der Waals surface area contributed by atoms with Gasteiger partial charge in [-0.2, -0.15) is 0 Å². The molecule has 7 N–H and O–H groups in total. The molecular formula is C18H19ClFN3O7. The summed E-state index contributed by atoms with van der Waals surface area (Å²) in [6.07, 6.45) is -2.81. The third kappa shape index (κ3) is 5.75. The number of halogens is 2. The second kappa shape index (κ2) is 9.65. The van der Waals surface area contributed by atoms with Crippen molar-refractivity contribution in [3.8, 4) is 0 Å². The summed E-state index contributed by atoms with van der Waals surface area (Å²) in [6.45, 7) is 0. The zero-order valence-corrected chi connectivity index (χ0v) is 16.1. The summed E-state index contributed by atoms with van der Waals surface area (Å²) in [5.41, 5.74) is 4.94. The van der Waals surface area contributed by atoms with E-state index in [1.54, 1.807) is 0 Å². The summed E-state index contributed by atoms with van der Waals surface area (Å²) < 4.78 is 13.3. The van der Waals surface area contributed by atoms with Crippen LogP contribution in [0.2, 0.25) is 5.02 Å². The van der Waals surface area contributed by atoms with Crippen molar-refractivity contribution >= 4 is 35.3 Å². The first-order valence-electron chi connectivity index (χ1n) is 8.64. The maximum atomic E-state index is 13.3. The number of amides is 3. The molecule has 1 aromatic rings. The normalized spacial score (nSPS) is 21.9. The quantitative estimate of drug-likeness (QED) is 0.315. The van der Waals surface area contributed by atoms with Crippen LogP contribution >= 0.6 is 11.6 Å². The van der Waals surface area contributed by atoms with Gasteiger partial charge >= 0.3 is 5.97 Å². The Labute approximate surface area is 174 Å². The molecule has 0 spiro atoms. The van der Waals surface area contributed by atoms with Gasteiger partial charge in [0.2, 0.25) is 11.8 Å². The minimum Gasteiger partial charge on any atom is -0.481 e. The van der Waals surface area contributed by atoms with Crippen molar-refractivity contribution in [3.63, 3.8) is 0 Å². The summed E-state index contributed by atoms with van der Waals surface area (Å²) in [6, 6.07) is 0.498. The van der Waals surface area contributed by atoms with Crippen LogP contribution in [0.3, 0.4) is 0 Å². The first-order chi connectivity index (χ1) is 14.0. The Bertz CT molecular complexity index is 908. The lowest BCUT2D eigenvalue weighted by Crippen LogP contribution is -2.52. The van der Waals surface area contributed by atoms with Crippen molar-refractivity contribution in [3.05, 3.63) is 46.3 Å². The monoisotopic (exact) mass is 443 g/mol. The number of carboxylic acids is 1. The number of hydrogen-bond acceptors (Lipinski definition) is 6. The second-order valence-corrected chi connectivity index (χ2v) is 7.02. The Kier molecular flexibility index (Phi) is 7.48. The Morgan fingerprint density at radius 1 is 1.23 bits per heavy atom. The van der Waals surface area contributed by atoms with Crippen molar-refractivity contribution in [2.75, 3.05) is 0 Å². The first-order valence-corrected chi connectivity index (χ1v) is 9.02. The number of aliphatic carboxylic acids is 1. The molecule has 1 aliphatic carbocycles. The molecule has 0 aliphatic heterocycles. The van der Waals surface area contributed by atoms with E-state index in [0.717, 1.165) is 24.3 Å². The van der Waals surface area contributed by atoms with E-state index in [2.05, 4.69) is 10.6 Å². The Morgan fingerprint density at radius 3 is 2.47 bits per heavy atom. The summed E-state index contributed by atoms with van der Waals surface area (Å²) in [4.78, 5) is 46.9. The minimum atomic E-state index is -1.49. The number of aliphatic hydroxyl groups is 2. The highest BCUT2D eigenvalue weighted by atomic mass is 35.5. The van der Waals surface area contributed by atoms with E-state index in [0.29, 0.717) is 0 Å². The van der Waals surface area contributed by atoms with E-state index in [-0.39, 0.29) is 22.6 Å². The first kappa shape index (κ1) is 23.3. The maximum Gasteiger partial charge on any atom is 0.305 e. The number of carbonyl (C=O) groups excluding carboxylic acids is 3. The average molecular weight is 444 g/mol. The number of carboxylic acid groups (broad SMARTS) is 1. The number of rotatable bonds is 7. The van der Waals surface area contributed by atoms with E-state index in [9.17, 15) is 33.8 Å². The van der Waals surface area contributed by atoms with Crippen molar-refractivity contribution in [2.24, 2.45) is 5.73 Å². The van der Waals surface area contributed by atoms with Crippen LogP contribution in [0.25, 0.3) is 0 Å². The van der Waals surface area contributed by atoms with Crippen LogP contribution in [0.4, 0.5) is 4.39 Å². The van der Waals surface area contributed by atoms with E-state index >= 15 is 0 Å². The highest BCUT2D eigenvalue weighted by Gasteiger charge is 2.35. The van der Waals surface area contributed by atoms with Gasteiger partial charge in [0.15, 0.2) is 0 Å². The zero-order valence-electron chi connectivity index (χ0n) is 15.3. The number of hydrogen-bond donors (Lipinski definition) is 6. The fourth-order valence-corrected chi connectivity index (χ4v) is 2.97. The molecule has 2 rings (SSSR count). The van der Waals surface area contributed by atoms with Gasteiger partial charge in [0, 0.05) is 17.6 Å². The molecule has 3 amide bonds. The molecule has 0 heterocycles. The summed E-state index contributed by atoms with van der Waals surface area (Å²) in [7, 11) is 0. The van der Waals surface area contributed by atoms with E-state index in [1.807, 2.05) is 0 Å². The number of primary amides is 1. The van der Waals surface area contributed by atoms with Gasteiger partial charge in [-0.25, -0.2) is 4.39 Å². The van der Waals surface area contributed by atoms with Gasteiger partial charge in [0.25, 0.3) is 5.91 Å². The predicted molar refractivity (Wildman–Crippen MR) is 101 cm³/mol. The SMILES string of the molecule is NC(=O)[C@@H](CC(=O)O)NC(=O)C1=C[C@H](NC(=O)c2ccc(F)c(Cl)c2)[C@@H](O)[C@H](O)C1. The standard InChI is InChI=1S/C18H19ClFN3O7/c19-9-3-7(1-2-10(9)20)17(29)22-11-4-8(5-13(24)15(11)27)18(30)23-12(16(21)28)6-14(25)26/h1-4,11-13,15,24,27H,5-6H2,(H2,21,28)(H,22,29)(H,23,30)(H,25,26)/t11-,12+,13+,15+/m0/s1. The molecule has 0 aromatic heterocycles. The number of aliphatic hydroxyl groups excluding tert-OH is 2. The third-order valence-corrected chi connectivity index (χ3v) is 4.66. The largest absolute Gasteiger partial charge is 0.481 e. The molecule has 30 heavy (non-hydrogen) atoms. The highest BCUT2D eigenvalue weighted by molar-refractivity contribution is 6.31. The second-order valence-electron chi connectivity index (χ2n) is 6.61. The topological polar surface area (TPSA) is 179 Å². The molecule has 0 unspecified atom stereocenters. The molecule has 12 heteroatoms. The van der Waals surface area contributed by atoms with Gasteiger partial charge in [0.1, 0.15) is 18.0 Å². The van der Waals surface area contributed by atoms with Gasteiger partial charge in [-0.05, 0) is 18.2 Å². The lowest BCUT2D eigenvalue weighted by molar-refractivity contribution is -0.140. The van der Waals surface area contributed by atoms with Crippen LogP contribution in [0, 0.1) is 5.82 Å². The number of benzene rings is 1. The Balaban J connectivity index is 2.18. The van der Waals surface area contributed by atoms with Gasteiger partial charge in [-0.3, -0.25) is 19.2 Å². The molecule has 162 valence electrons. The molecular weight excluding hydrogens is 425 g/mol. The van der Waals surface area contributed by atoms with Crippen LogP contribution in [0.1, 0.15) is 23.2 Å². The fourth-order valence-electron chi connectivity index (χ4n) is 2.78. The van der Waals surface area contributed by atoms with Crippen LogP contribution in [-0.2, 0) is 14.4 Å². The molecule has 1 aliphatic rings. The van der Waals surface area contributed by atoms with Crippen molar-refractivity contribution in [2.45, 2.75) is 37.1 Å². The minimum absolute atomic E-state index is 0.0247. The Morgan fingerprint density at radius 2 is 1.90 bits per heavy atom. The molecule has 10 nitrogen and oxygen atoms in total. The molecule has 0 saturated heterocycles. The molecule has 4 atom stereocenters. The molecule has 0 fully saturated rings. The average Bonchev–Trinajstić information content (AvgIpc) is 2.66.